The van der Waals surface area contributed by atoms with Crippen LogP contribution < -0.4 is 0 Å². The van der Waals surface area contributed by atoms with E-state index in [1.54, 1.807) is 38.1 Å². The van der Waals surface area contributed by atoms with Crippen molar-refractivity contribution in [3.63, 3.8) is 0 Å². The molecule has 0 radical (unpaired) electrons. The number of fused-ring (bicyclic) bond motifs is 2. The Labute approximate surface area is 364 Å². The fourth-order valence-corrected chi connectivity index (χ4v) is 7.12. The molecule has 6 rings (SSSR count). The van der Waals surface area contributed by atoms with E-state index in [0.717, 1.165) is 12.1 Å². The van der Waals surface area contributed by atoms with Crippen LogP contribution in [0.4, 0.5) is 34.1 Å². The van der Waals surface area contributed by atoms with Crippen LogP contribution in [0, 0.1) is 20.2 Å². The molecule has 0 atom stereocenters. The molecule has 6 aromatic carbocycles. The molecule has 0 aliphatic carbocycles. The Morgan fingerprint density at radius 3 is 1.18 bits per heavy atom. The minimum atomic E-state index is -4.86. The number of nitro groups is 2. The van der Waals surface area contributed by atoms with Crippen molar-refractivity contribution >= 4 is 125 Å². The molecule has 21 heteroatoms. The van der Waals surface area contributed by atoms with Gasteiger partial charge in [0.2, 0.25) is 0 Å². The van der Waals surface area contributed by atoms with Crippen molar-refractivity contribution in [3.05, 3.63) is 128 Å². The van der Waals surface area contributed by atoms with E-state index in [9.17, 15) is 56.4 Å². The molecule has 6 aromatic rings. The minimum Gasteiger partial charge on any atom is -0.744 e. The molecule has 0 saturated carbocycles. The van der Waals surface area contributed by atoms with Crippen molar-refractivity contribution < 1.29 is 46.0 Å². The van der Waals surface area contributed by atoms with Gasteiger partial charge in [-0.15, -0.1) is 20.5 Å². The summed E-state index contributed by atoms with van der Waals surface area (Å²) in [5.74, 6) is -0.826. The normalized spacial score (nSPS) is 11.7. The average Bonchev–Trinajstić information content (AvgIpc) is 3.15. The summed E-state index contributed by atoms with van der Waals surface area (Å²) in [7, 11) is -9.71. The van der Waals surface area contributed by atoms with Crippen molar-refractivity contribution in [2.24, 2.45) is 20.5 Å². The van der Waals surface area contributed by atoms with Crippen LogP contribution in [0.15, 0.2) is 127 Å². The Morgan fingerprint density at radius 2 is 0.860 bits per heavy atom. The molecule has 0 unspecified atom stereocenters. The van der Waals surface area contributed by atoms with Crippen LogP contribution >= 0.6 is 0 Å². The first-order chi connectivity index (χ1) is 26.5. The quantitative estimate of drug-likeness (QED) is 0.0431. The van der Waals surface area contributed by atoms with Gasteiger partial charge in [-0.25, -0.2) is 16.8 Å². The van der Waals surface area contributed by atoms with Gasteiger partial charge < -0.3 is 19.3 Å². The van der Waals surface area contributed by atoms with Gasteiger partial charge in [-0.2, -0.15) is 0 Å². The number of aryl methyl sites for hydroxylation is 2. The molecule has 2 N–H and O–H groups in total. The Bertz CT molecular complexity index is 2640. The largest absolute Gasteiger partial charge is 2.00 e. The van der Waals surface area contributed by atoms with Gasteiger partial charge in [0.25, 0.3) is 11.4 Å². The number of azo groups is 2. The van der Waals surface area contributed by atoms with Gasteiger partial charge in [0.1, 0.15) is 43.1 Å². The van der Waals surface area contributed by atoms with E-state index >= 15 is 0 Å². The van der Waals surface area contributed by atoms with E-state index in [1.807, 2.05) is 0 Å². The molecular formula is C36H28BaN6O12S2. The first-order valence-electron chi connectivity index (χ1n) is 16.2. The van der Waals surface area contributed by atoms with Crippen molar-refractivity contribution in [2.75, 3.05) is 0 Å². The van der Waals surface area contributed by atoms with Gasteiger partial charge in [0.15, 0.2) is 11.4 Å². The molecule has 0 aliphatic heterocycles. The van der Waals surface area contributed by atoms with E-state index < -0.39 is 51.4 Å². The third-order valence-electron chi connectivity index (χ3n) is 8.31. The van der Waals surface area contributed by atoms with E-state index in [1.165, 1.54) is 60.7 Å². The van der Waals surface area contributed by atoms with E-state index in [2.05, 4.69) is 20.5 Å². The number of aromatic hydroxyl groups is 2. The number of phenols is 2. The predicted octanol–water partition coefficient (Wildman–Crippen LogP) is 8.29. The number of hydrogen-bond acceptors (Lipinski definition) is 16. The molecule has 0 spiro atoms. The molecule has 0 aromatic heterocycles. The summed E-state index contributed by atoms with van der Waals surface area (Å²) >= 11 is 0. The molecule has 0 bridgehead atoms. The molecule has 0 saturated heterocycles. The summed E-state index contributed by atoms with van der Waals surface area (Å²) in [6.07, 6.45) is 0.884. The number of nitro benzene ring substituents is 2. The zero-order valence-electron chi connectivity index (χ0n) is 29.8. The van der Waals surface area contributed by atoms with Crippen LogP contribution in [0.1, 0.15) is 25.0 Å². The third kappa shape index (κ3) is 9.87. The van der Waals surface area contributed by atoms with Gasteiger partial charge in [-0.1, -0.05) is 74.5 Å². The third-order valence-corrected chi connectivity index (χ3v) is 10.1. The average molecular weight is 938 g/mol. The second-order valence-corrected chi connectivity index (χ2v) is 14.4. The molecule has 57 heavy (non-hydrogen) atoms. The minimum absolute atomic E-state index is 0. The smallest absolute Gasteiger partial charge is 0.744 e. The summed E-state index contributed by atoms with van der Waals surface area (Å²) in [5, 5.41) is 59.1. The number of phenolic OH excluding ortho intramolecular Hbond substituents is 2. The Morgan fingerprint density at radius 1 is 0.526 bits per heavy atom. The Kier molecular flexibility index (Phi) is 14.4. The van der Waals surface area contributed by atoms with Crippen LogP contribution in [0.2, 0.25) is 0 Å². The Hall–Kier alpha value is -5.17. The fraction of sp³-hybridized carbons (Fsp3) is 0.111. The van der Waals surface area contributed by atoms with Crippen LogP contribution in [0.3, 0.4) is 0 Å². The first kappa shape index (κ1) is 44.5. The second-order valence-electron chi connectivity index (χ2n) is 11.7. The summed E-state index contributed by atoms with van der Waals surface area (Å²) in [5.41, 5.74) is 0.0193. The van der Waals surface area contributed by atoms with Gasteiger partial charge in [0.05, 0.1) is 19.6 Å². The Balaban J connectivity index is 0.000000248. The predicted molar refractivity (Wildman–Crippen MR) is 206 cm³/mol. The van der Waals surface area contributed by atoms with Crippen molar-refractivity contribution in [1.82, 2.24) is 0 Å². The summed E-state index contributed by atoms with van der Waals surface area (Å²) in [6, 6.07) is 22.4. The maximum atomic E-state index is 11.6. The second kappa shape index (κ2) is 18.4. The van der Waals surface area contributed by atoms with Gasteiger partial charge in [-0.05, 0) is 59.0 Å². The number of hydrogen-bond donors (Lipinski definition) is 2. The van der Waals surface area contributed by atoms with Crippen molar-refractivity contribution in [3.8, 4) is 11.5 Å². The number of benzene rings is 6. The van der Waals surface area contributed by atoms with Crippen LogP contribution in [-0.4, -0.2) is 94.9 Å². The fourth-order valence-electron chi connectivity index (χ4n) is 5.70. The van der Waals surface area contributed by atoms with Gasteiger partial charge >= 0.3 is 48.9 Å². The van der Waals surface area contributed by atoms with E-state index in [-0.39, 0.29) is 93.8 Å². The van der Waals surface area contributed by atoms with Crippen LogP contribution in [0.5, 0.6) is 11.5 Å². The zero-order valence-corrected chi connectivity index (χ0v) is 35.9. The first-order valence-corrected chi connectivity index (χ1v) is 19.1. The van der Waals surface area contributed by atoms with Crippen LogP contribution in [-0.2, 0) is 33.1 Å². The van der Waals surface area contributed by atoms with Gasteiger partial charge in [0, 0.05) is 22.9 Å². The number of rotatable bonds is 10. The SMILES string of the molecule is CCc1cccc([N+](=O)[O-])c1N=Nc1c(O)ccc2cccc(S(=O)(=O)[O-])c12.CCc1cccc([N+](=O)[O-])c1N=Nc1c(O)ccc2cccc(S(=O)(=O)[O-])c12.[Ba+2]. The van der Waals surface area contributed by atoms with E-state index in [4.69, 9.17) is 0 Å². The standard InChI is InChI=1S/2C18H15N3O6S.Ba/c2*1-2-11-5-3-7-13(21(23)24)17(11)19-20-18-14(22)10-9-12-6-4-8-15(16(12)18)28(25,26)27;/h2*3-10,22H,2H2,1H3,(H,25,26,27);/q;;+2/p-2. The molecular weight excluding hydrogens is 910 g/mol. The monoisotopic (exact) mass is 938 g/mol. The molecule has 0 aliphatic rings. The van der Waals surface area contributed by atoms with Crippen molar-refractivity contribution in [2.45, 2.75) is 36.5 Å². The maximum absolute atomic E-state index is 11.6. The summed E-state index contributed by atoms with van der Waals surface area (Å²) in [4.78, 5) is 20.3. The topological polar surface area (TPSA) is 291 Å². The molecule has 0 amide bonds. The molecule has 0 fully saturated rings. The summed E-state index contributed by atoms with van der Waals surface area (Å²) in [6.45, 7) is 3.57. The molecule has 18 nitrogen and oxygen atoms in total. The maximum Gasteiger partial charge on any atom is 2.00 e. The van der Waals surface area contributed by atoms with Crippen molar-refractivity contribution in [1.29, 1.82) is 0 Å². The van der Waals surface area contributed by atoms with Gasteiger partial charge in [-0.3, -0.25) is 20.2 Å². The number of nitrogens with zero attached hydrogens (tertiary/aromatic N) is 6. The molecule has 0 heterocycles. The molecule has 288 valence electrons. The summed E-state index contributed by atoms with van der Waals surface area (Å²) < 4.78 is 69.8. The zero-order chi connectivity index (χ0) is 40.9. The van der Waals surface area contributed by atoms with Crippen LogP contribution in [0.25, 0.3) is 21.5 Å². The van der Waals surface area contributed by atoms with E-state index in [0.29, 0.717) is 34.7 Å².